The maximum atomic E-state index is 11.9. The van der Waals surface area contributed by atoms with E-state index in [4.69, 9.17) is 10.2 Å². The van der Waals surface area contributed by atoms with Crippen LogP contribution in [0.1, 0.15) is 25.8 Å². The average molecular weight is 224 g/mol. The second-order valence-corrected chi connectivity index (χ2v) is 4.56. The summed E-state index contributed by atoms with van der Waals surface area (Å²) in [5, 5.41) is 0. The van der Waals surface area contributed by atoms with Crippen molar-refractivity contribution in [1.82, 2.24) is 4.90 Å². The summed E-state index contributed by atoms with van der Waals surface area (Å²) in [7, 11) is 1.76. The van der Waals surface area contributed by atoms with E-state index in [9.17, 15) is 4.79 Å². The van der Waals surface area contributed by atoms with Crippen LogP contribution >= 0.6 is 0 Å². The van der Waals surface area contributed by atoms with Crippen LogP contribution in [0.5, 0.6) is 0 Å². The lowest BCUT2D eigenvalue weighted by molar-refractivity contribution is -0.132. The molecule has 4 heteroatoms. The molecule has 0 aliphatic heterocycles. The fraction of sp³-hybridized carbons (Fsp3) is 0.583. The Morgan fingerprint density at radius 3 is 2.75 bits per heavy atom. The van der Waals surface area contributed by atoms with Crippen molar-refractivity contribution in [1.29, 1.82) is 0 Å². The van der Waals surface area contributed by atoms with Crippen molar-refractivity contribution < 1.29 is 9.21 Å². The molecule has 0 radical (unpaired) electrons. The Labute approximate surface area is 96.4 Å². The molecule has 0 spiro atoms. The Hall–Kier alpha value is -1.29. The summed E-state index contributed by atoms with van der Waals surface area (Å²) in [4.78, 5) is 13.5. The van der Waals surface area contributed by atoms with Gasteiger partial charge in [-0.2, -0.15) is 0 Å². The van der Waals surface area contributed by atoms with E-state index < -0.39 is 6.04 Å². The van der Waals surface area contributed by atoms with Gasteiger partial charge in [0.25, 0.3) is 0 Å². The van der Waals surface area contributed by atoms with Gasteiger partial charge in [0.15, 0.2) is 0 Å². The number of hydrogen-bond acceptors (Lipinski definition) is 3. The molecule has 16 heavy (non-hydrogen) atoms. The number of nitrogens with zero attached hydrogens (tertiary/aromatic N) is 1. The van der Waals surface area contributed by atoms with E-state index in [1.807, 2.05) is 6.07 Å². The van der Waals surface area contributed by atoms with Crippen LogP contribution in [-0.4, -0.2) is 23.9 Å². The van der Waals surface area contributed by atoms with Crippen molar-refractivity contribution in [2.45, 2.75) is 32.9 Å². The Kier molecular flexibility index (Phi) is 4.55. The summed E-state index contributed by atoms with van der Waals surface area (Å²) in [6.07, 6.45) is 3.95. The van der Waals surface area contributed by atoms with Crippen LogP contribution in [0.2, 0.25) is 0 Å². The predicted octanol–water partition coefficient (Wildman–Crippen LogP) is 1.61. The van der Waals surface area contributed by atoms with Crippen molar-refractivity contribution >= 4 is 5.91 Å². The molecule has 2 N–H and O–H groups in total. The number of furan rings is 1. The topological polar surface area (TPSA) is 59.5 Å². The molecule has 1 rings (SSSR count). The Bertz CT molecular complexity index is 320. The zero-order valence-electron chi connectivity index (χ0n) is 10.1. The zero-order valence-corrected chi connectivity index (χ0v) is 10.1. The SMILES string of the molecule is CC(C)C[C@H](N)C(=O)N(C)Cc1ccoc1. The fourth-order valence-electron chi connectivity index (χ4n) is 1.63. The Morgan fingerprint density at radius 2 is 2.25 bits per heavy atom. The van der Waals surface area contributed by atoms with E-state index in [0.29, 0.717) is 18.9 Å². The standard InChI is InChI=1S/C12H20N2O2/c1-9(2)6-11(13)12(15)14(3)7-10-4-5-16-8-10/h4-5,8-9,11H,6-7,13H2,1-3H3/t11-/m0/s1. The third-order valence-electron chi connectivity index (χ3n) is 2.42. The van der Waals surface area contributed by atoms with Crippen LogP contribution in [0.15, 0.2) is 23.0 Å². The molecule has 0 fully saturated rings. The van der Waals surface area contributed by atoms with Crippen molar-refractivity contribution in [2.24, 2.45) is 11.7 Å². The summed E-state index contributed by atoms with van der Waals surface area (Å²) in [6.45, 7) is 4.66. The molecular formula is C12H20N2O2. The van der Waals surface area contributed by atoms with Gasteiger partial charge in [-0.15, -0.1) is 0 Å². The molecule has 90 valence electrons. The lowest BCUT2D eigenvalue weighted by Crippen LogP contribution is -2.42. The molecule has 1 atom stereocenters. The fourth-order valence-corrected chi connectivity index (χ4v) is 1.63. The van der Waals surface area contributed by atoms with Crippen LogP contribution in [0.4, 0.5) is 0 Å². The molecule has 0 aromatic carbocycles. The molecule has 1 heterocycles. The highest BCUT2D eigenvalue weighted by Crippen LogP contribution is 2.08. The van der Waals surface area contributed by atoms with Crippen LogP contribution in [-0.2, 0) is 11.3 Å². The minimum atomic E-state index is -0.406. The lowest BCUT2D eigenvalue weighted by Gasteiger charge is -2.21. The molecule has 0 saturated carbocycles. The summed E-state index contributed by atoms with van der Waals surface area (Å²) < 4.78 is 4.95. The van der Waals surface area contributed by atoms with E-state index in [1.54, 1.807) is 24.5 Å². The van der Waals surface area contributed by atoms with Crippen molar-refractivity contribution in [3.8, 4) is 0 Å². The third-order valence-corrected chi connectivity index (χ3v) is 2.42. The number of amides is 1. The minimum absolute atomic E-state index is 0.0186. The van der Waals surface area contributed by atoms with Crippen LogP contribution in [0.3, 0.4) is 0 Å². The maximum Gasteiger partial charge on any atom is 0.239 e. The van der Waals surface area contributed by atoms with Gasteiger partial charge in [0.05, 0.1) is 18.6 Å². The Morgan fingerprint density at radius 1 is 1.56 bits per heavy atom. The van der Waals surface area contributed by atoms with Crippen molar-refractivity contribution in [2.75, 3.05) is 7.05 Å². The van der Waals surface area contributed by atoms with E-state index in [1.165, 1.54) is 0 Å². The molecule has 4 nitrogen and oxygen atoms in total. The van der Waals surface area contributed by atoms with Gasteiger partial charge in [0.1, 0.15) is 0 Å². The molecule has 1 aromatic rings. The summed E-state index contributed by atoms with van der Waals surface area (Å²) >= 11 is 0. The van der Waals surface area contributed by atoms with Crippen LogP contribution < -0.4 is 5.73 Å². The van der Waals surface area contributed by atoms with Crippen molar-refractivity contribution in [3.63, 3.8) is 0 Å². The van der Waals surface area contributed by atoms with E-state index >= 15 is 0 Å². The summed E-state index contributed by atoms with van der Waals surface area (Å²) in [5.74, 6) is 0.413. The lowest BCUT2D eigenvalue weighted by atomic mass is 10.0. The number of rotatable bonds is 5. The van der Waals surface area contributed by atoms with Gasteiger partial charge in [-0.05, 0) is 18.4 Å². The first-order chi connectivity index (χ1) is 7.50. The predicted molar refractivity (Wildman–Crippen MR) is 62.6 cm³/mol. The second kappa shape index (κ2) is 5.70. The van der Waals surface area contributed by atoms with Crippen LogP contribution in [0, 0.1) is 5.92 Å². The van der Waals surface area contributed by atoms with E-state index in [2.05, 4.69) is 13.8 Å². The normalized spacial score (nSPS) is 12.8. The monoisotopic (exact) mass is 224 g/mol. The molecule has 0 aliphatic carbocycles. The van der Waals surface area contributed by atoms with Gasteiger partial charge in [0, 0.05) is 19.2 Å². The molecule has 1 aromatic heterocycles. The number of likely N-dealkylation sites (N-methyl/N-ethyl adjacent to an activating group) is 1. The van der Waals surface area contributed by atoms with Gasteiger partial charge in [-0.25, -0.2) is 0 Å². The number of hydrogen-bond donors (Lipinski definition) is 1. The molecule has 0 saturated heterocycles. The smallest absolute Gasteiger partial charge is 0.239 e. The molecule has 0 unspecified atom stereocenters. The molecule has 0 bridgehead atoms. The first kappa shape index (κ1) is 12.8. The van der Waals surface area contributed by atoms with Gasteiger partial charge in [-0.3, -0.25) is 4.79 Å². The Balaban J connectivity index is 2.47. The van der Waals surface area contributed by atoms with Gasteiger partial charge in [0.2, 0.25) is 5.91 Å². The third kappa shape index (κ3) is 3.70. The maximum absolute atomic E-state index is 11.9. The first-order valence-electron chi connectivity index (χ1n) is 5.52. The quantitative estimate of drug-likeness (QED) is 0.826. The summed E-state index contributed by atoms with van der Waals surface area (Å²) in [5.41, 5.74) is 6.81. The van der Waals surface area contributed by atoms with Gasteiger partial charge in [-0.1, -0.05) is 13.8 Å². The van der Waals surface area contributed by atoms with E-state index in [-0.39, 0.29) is 5.91 Å². The first-order valence-corrected chi connectivity index (χ1v) is 5.52. The van der Waals surface area contributed by atoms with E-state index in [0.717, 1.165) is 5.56 Å². The molecule has 0 aliphatic rings. The average Bonchev–Trinajstić information content (AvgIpc) is 2.68. The number of nitrogens with two attached hydrogens (primary N) is 1. The molecular weight excluding hydrogens is 204 g/mol. The largest absolute Gasteiger partial charge is 0.472 e. The zero-order chi connectivity index (χ0) is 12.1. The minimum Gasteiger partial charge on any atom is -0.472 e. The second-order valence-electron chi connectivity index (χ2n) is 4.56. The number of carbonyl (C=O) groups is 1. The van der Waals surface area contributed by atoms with Gasteiger partial charge >= 0.3 is 0 Å². The molecule has 1 amide bonds. The summed E-state index contributed by atoms with van der Waals surface area (Å²) in [6, 6.07) is 1.44. The highest BCUT2D eigenvalue weighted by molar-refractivity contribution is 5.81. The highest BCUT2D eigenvalue weighted by Gasteiger charge is 2.19. The van der Waals surface area contributed by atoms with Crippen molar-refractivity contribution in [3.05, 3.63) is 24.2 Å². The van der Waals surface area contributed by atoms with Crippen LogP contribution in [0.25, 0.3) is 0 Å². The number of carbonyl (C=O) groups excluding carboxylic acids is 1. The highest BCUT2D eigenvalue weighted by atomic mass is 16.3. The van der Waals surface area contributed by atoms with Gasteiger partial charge < -0.3 is 15.1 Å².